The lowest BCUT2D eigenvalue weighted by molar-refractivity contribution is -0.115. The number of benzene rings is 2. The average Bonchev–Trinajstić information content (AvgIpc) is 2.76. The van der Waals surface area contributed by atoms with E-state index in [-0.39, 0.29) is 16.6 Å². The molecule has 0 bridgehead atoms. The molecule has 4 aromatic rings. The molecule has 4 rings (SSSR count). The maximum Gasteiger partial charge on any atom is 0.266 e. The van der Waals surface area contributed by atoms with Crippen LogP contribution in [0, 0.1) is 6.92 Å². The summed E-state index contributed by atoms with van der Waals surface area (Å²) in [4.78, 5) is 34.9. The Morgan fingerprint density at radius 3 is 2.66 bits per heavy atom. The van der Waals surface area contributed by atoms with Gasteiger partial charge in [-0.25, -0.2) is 9.97 Å². The number of halogens is 2. The van der Waals surface area contributed by atoms with Gasteiger partial charge in [-0.1, -0.05) is 53.2 Å². The molecule has 0 saturated heterocycles. The molecule has 0 saturated carbocycles. The fourth-order valence-corrected chi connectivity index (χ4v) is 4.42. The van der Waals surface area contributed by atoms with Gasteiger partial charge < -0.3 is 5.32 Å². The molecular formula is C23H18Cl2N4O2S. The lowest BCUT2D eigenvalue weighted by atomic mass is 10.2. The monoisotopic (exact) mass is 484 g/mol. The van der Waals surface area contributed by atoms with Crippen molar-refractivity contribution in [3.05, 3.63) is 86.9 Å². The van der Waals surface area contributed by atoms with Crippen molar-refractivity contribution < 1.29 is 4.79 Å². The van der Waals surface area contributed by atoms with E-state index in [2.05, 4.69) is 15.3 Å². The molecule has 0 aliphatic rings. The first-order valence-electron chi connectivity index (χ1n) is 9.71. The van der Waals surface area contributed by atoms with Gasteiger partial charge in [0, 0.05) is 11.2 Å². The van der Waals surface area contributed by atoms with E-state index in [9.17, 15) is 9.59 Å². The summed E-state index contributed by atoms with van der Waals surface area (Å²) in [6, 6.07) is 15.9. The minimum atomic E-state index is -0.579. The van der Waals surface area contributed by atoms with Crippen molar-refractivity contribution in [2.45, 2.75) is 24.3 Å². The minimum Gasteiger partial charge on any atom is -0.322 e. The van der Waals surface area contributed by atoms with Crippen LogP contribution in [-0.4, -0.2) is 25.7 Å². The SMILES string of the molecule is Cc1ccccc1-n1c(SC(C)C(=O)Nc2cccnc2Cl)nc2cc(Cl)ccc2c1=O. The fourth-order valence-electron chi connectivity index (χ4n) is 3.17. The molecule has 0 aliphatic carbocycles. The van der Waals surface area contributed by atoms with E-state index in [0.29, 0.717) is 32.5 Å². The Morgan fingerprint density at radius 1 is 1.12 bits per heavy atom. The van der Waals surface area contributed by atoms with Crippen LogP contribution < -0.4 is 10.9 Å². The first-order valence-corrected chi connectivity index (χ1v) is 11.3. The highest BCUT2D eigenvalue weighted by atomic mass is 35.5. The third-order valence-corrected chi connectivity index (χ3v) is 6.41. The van der Waals surface area contributed by atoms with Crippen LogP contribution in [0.25, 0.3) is 16.6 Å². The van der Waals surface area contributed by atoms with Gasteiger partial charge >= 0.3 is 0 Å². The highest BCUT2D eigenvalue weighted by Crippen LogP contribution is 2.28. The number of pyridine rings is 1. The van der Waals surface area contributed by atoms with Gasteiger partial charge in [-0.15, -0.1) is 0 Å². The Labute approximate surface area is 198 Å². The van der Waals surface area contributed by atoms with Crippen LogP contribution in [0.2, 0.25) is 10.2 Å². The summed E-state index contributed by atoms with van der Waals surface area (Å²) in [7, 11) is 0. The van der Waals surface area contributed by atoms with Gasteiger partial charge in [-0.2, -0.15) is 0 Å². The lowest BCUT2D eigenvalue weighted by Crippen LogP contribution is -2.26. The number of hydrogen-bond acceptors (Lipinski definition) is 5. The average molecular weight is 485 g/mol. The zero-order valence-electron chi connectivity index (χ0n) is 17.2. The standard InChI is InChI=1S/C23H18Cl2N4O2S/c1-13-6-3-4-8-19(13)29-22(31)16-10-9-15(24)12-18(16)28-23(29)32-14(2)21(30)27-17-7-5-11-26-20(17)25/h3-12,14H,1-2H3,(H,27,30). The van der Waals surface area contributed by atoms with Crippen molar-refractivity contribution in [3.63, 3.8) is 0 Å². The third kappa shape index (κ3) is 4.50. The Morgan fingerprint density at radius 2 is 1.91 bits per heavy atom. The largest absolute Gasteiger partial charge is 0.322 e. The van der Waals surface area contributed by atoms with E-state index in [1.54, 1.807) is 43.5 Å². The molecule has 0 radical (unpaired) electrons. The second-order valence-electron chi connectivity index (χ2n) is 7.07. The number of aromatic nitrogens is 3. The Kier molecular flexibility index (Phi) is 6.50. The van der Waals surface area contributed by atoms with E-state index in [1.165, 1.54) is 16.3 Å². The second-order valence-corrected chi connectivity index (χ2v) is 9.18. The van der Waals surface area contributed by atoms with E-state index in [1.807, 2.05) is 31.2 Å². The Bertz CT molecular complexity index is 1390. The molecule has 6 nitrogen and oxygen atoms in total. The molecule has 32 heavy (non-hydrogen) atoms. The van der Waals surface area contributed by atoms with E-state index in [0.717, 1.165) is 5.56 Å². The summed E-state index contributed by atoms with van der Waals surface area (Å²) in [5.41, 5.74) is 2.27. The number of aryl methyl sites for hydroxylation is 1. The van der Waals surface area contributed by atoms with Crippen molar-refractivity contribution in [2.75, 3.05) is 5.32 Å². The van der Waals surface area contributed by atoms with Crippen molar-refractivity contribution >= 4 is 57.5 Å². The fraction of sp³-hybridized carbons (Fsp3) is 0.130. The summed E-state index contributed by atoms with van der Waals surface area (Å²) in [5.74, 6) is -0.290. The van der Waals surface area contributed by atoms with Crippen LogP contribution >= 0.6 is 35.0 Å². The van der Waals surface area contributed by atoms with Crippen molar-refractivity contribution in [1.29, 1.82) is 0 Å². The number of rotatable bonds is 5. The van der Waals surface area contributed by atoms with E-state index >= 15 is 0 Å². The molecule has 162 valence electrons. The molecule has 1 unspecified atom stereocenters. The maximum atomic E-state index is 13.4. The van der Waals surface area contributed by atoms with Crippen LogP contribution in [0.15, 0.2) is 70.7 Å². The Hall–Kier alpha value is -2.87. The van der Waals surface area contributed by atoms with Gasteiger partial charge in [0.05, 0.1) is 27.5 Å². The molecule has 2 aromatic heterocycles. The smallest absolute Gasteiger partial charge is 0.266 e. The number of fused-ring (bicyclic) bond motifs is 1. The first kappa shape index (κ1) is 22.3. The molecule has 2 aromatic carbocycles. The number of carbonyl (C=O) groups is 1. The molecule has 2 heterocycles. The van der Waals surface area contributed by atoms with Gasteiger partial charge in [0.15, 0.2) is 10.3 Å². The van der Waals surface area contributed by atoms with Crippen molar-refractivity contribution in [3.8, 4) is 5.69 Å². The highest BCUT2D eigenvalue weighted by molar-refractivity contribution is 8.00. The molecule has 1 amide bonds. The highest BCUT2D eigenvalue weighted by Gasteiger charge is 2.22. The summed E-state index contributed by atoms with van der Waals surface area (Å²) in [6.45, 7) is 3.66. The molecule has 0 spiro atoms. The Balaban J connectivity index is 1.77. The molecule has 0 aliphatic heterocycles. The van der Waals surface area contributed by atoms with Gasteiger partial charge in [0.25, 0.3) is 5.56 Å². The number of para-hydroxylation sites is 1. The number of nitrogens with zero attached hydrogens (tertiary/aromatic N) is 3. The number of amides is 1. The number of thioether (sulfide) groups is 1. The van der Waals surface area contributed by atoms with Gasteiger partial charge in [0.2, 0.25) is 5.91 Å². The summed E-state index contributed by atoms with van der Waals surface area (Å²) >= 11 is 13.4. The van der Waals surface area contributed by atoms with Crippen molar-refractivity contribution in [1.82, 2.24) is 14.5 Å². The normalized spacial score (nSPS) is 12.0. The number of carbonyl (C=O) groups excluding carboxylic acids is 1. The van der Waals surface area contributed by atoms with Crippen LogP contribution in [0.5, 0.6) is 0 Å². The third-order valence-electron chi connectivity index (χ3n) is 4.83. The first-order chi connectivity index (χ1) is 15.3. The van der Waals surface area contributed by atoms with Crippen LogP contribution in [0.3, 0.4) is 0 Å². The topological polar surface area (TPSA) is 76.9 Å². The molecule has 1 N–H and O–H groups in total. The van der Waals surface area contributed by atoms with Gasteiger partial charge in [0.1, 0.15) is 0 Å². The number of nitrogens with one attached hydrogen (secondary N) is 1. The summed E-state index contributed by atoms with van der Waals surface area (Å²) in [5, 5.41) is 3.71. The minimum absolute atomic E-state index is 0.202. The molecular weight excluding hydrogens is 467 g/mol. The van der Waals surface area contributed by atoms with Crippen LogP contribution in [0.4, 0.5) is 5.69 Å². The second kappa shape index (κ2) is 9.32. The quantitative estimate of drug-likeness (QED) is 0.229. The lowest BCUT2D eigenvalue weighted by Gasteiger charge is -2.18. The predicted octanol–water partition coefficient (Wildman–Crippen LogP) is 5.52. The summed E-state index contributed by atoms with van der Waals surface area (Å²) < 4.78 is 1.54. The van der Waals surface area contributed by atoms with Crippen molar-refractivity contribution in [2.24, 2.45) is 0 Å². The molecule has 9 heteroatoms. The summed E-state index contributed by atoms with van der Waals surface area (Å²) in [6.07, 6.45) is 1.54. The zero-order valence-corrected chi connectivity index (χ0v) is 19.5. The van der Waals surface area contributed by atoms with Crippen LogP contribution in [0.1, 0.15) is 12.5 Å². The maximum absolute atomic E-state index is 13.4. The van der Waals surface area contributed by atoms with Gasteiger partial charge in [-0.05, 0) is 55.8 Å². The van der Waals surface area contributed by atoms with Gasteiger partial charge in [-0.3, -0.25) is 14.2 Å². The van der Waals surface area contributed by atoms with Crippen LogP contribution in [-0.2, 0) is 4.79 Å². The molecule has 0 fully saturated rings. The van der Waals surface area contributed by atoms with E-state index < -0.39 is 5.25 Å². The number of anilines is 1. The molecule has 1 atom stereocenters. The zero-order chi connectivity index (χ0) is 22.8. The van der Waals surface area contributed by atoms with E-state index in [4.69, 9.17) is 23.2 Å². The predicted molar refractivity (Wildman–Crippen MR) is 130 cm³/mol. The number of hydrogen-bond donors (Lipinski definition) is 1.